The number of imidazole rings is 1. The Bertz CT molecular complexity index is 1450. The van der Waals surface area contributed by atoms with E-state index in [0.29, 0.717) is 25.9 Å². The highest BCUT2D eigenvalue weighted by Crippen LogP contribution is 2.32. The molecule has 0 saturated heterocycles. The van der Waals surface area contributed by atoms with Crippen LogP contribution in [0.3, 0.4) is 0 Å². The first-order valence-corrected chi connectivity index (χ1v) is 11.0. The predicted octanol–water partition coefficient (Wildman–Crippen LogP) is 1.30. The van der Waals surface area contributed by atoms with Crippen molar-refractivity contribution in [3.05, 3.63) is 50.7 Å². The lowest BCUT2D eigenvalue weighted by Crippen LogP contribution is -2.37. The first-order chi connectivity index (χ1) is 15.3. The quantitative estimate of drug-likeness (QED) is 0.415. The molecule has 4 rings (SSSR count). The number of hydrogen-bond acceptors (Lipinski definition) is 9. The number of carbonyl (C=O) groups is 1. The molecule has 0 bridgehead atoms. The zero-order valence-corrected chi connectivity index (χ0v) is 19.3. The Balaban J connectivity index is 1.48. The van der Waals surface area contributed by atoms with Gasteiger partial charge in [-0.05, 0) is 30.3 Å². The number of amides is 1. The fourth-order valence-electron chi connectivity index (χ4n) is 2.99. The molecule has 0 aliphatic rings. The predicted molar refractivity (Wildman–Crippen MR) is 121 cm³/mol. The summed E-state index contributed by atoms with van der Waals surface area (Å²) < 4.78 is 10.0. The molecule has 0 unspecified atom stereocenters. The SMILES string of the molecule is Cc1ccccc1OCC(=O)Nc1nnc(Sc2nc3c(c(=O)n(C)c(=O)n3C)n2C)s1. The van der Waals surface area contributed by atoms with E-state index >= 15 is 0 Å². The van der Waals surface area contributed by atoms with Gasteiger partial charge in [0, 0.05) is 21.1 Å². The molecule has 166 valence electrons. The third-order valence-electron chi connectivity index (χ3n) is 4.72. The molecule has 32 heavy (non-hydrogen) atoms. The number of nitrogens with one attached hydrogen (secondary N) is 1. The lowest BCUT2D eigenvalue weighted by Gasteiger charge is -2.07. The van der Waals surface area contributed by atoms with E-state index in [4.69, 9.17) is 4.74 Å². The molecule has 0 atom stereocenters. The van der Waals surface area contributed by atoms with Gasteiger partial charge in [-0.1, -0.05) is 29.5 Å². The number of fused-ring (bicyclic) bond motifs is 1. The van der Waals surface area contributed by atoms with E-state index in [1.165, 1.54) is 23.4 Å². The average Bonchev–Trinajstić information content (AvgIpc) is 3.34. The highest BCUT2D eigenvalue weighted by molar-refractivity contribution is 8.01. The van der Waals surface area contributed by atoms with E-state index in [1.54, 1.807) is 24.7 Å². The van der Waals surface area contributed by atoms with Crippen molar-refractivity contribution in [3.63, 3.8) is 0 Å². The third kappa shape index (κ3) is 4.03. The van der Waals surface area contributed by atoms with Crippen LogP contribution in [0.15, 0.2) is 43.4 Å². The molecule has 0 saturated carbocycles. The summed E-state index contributed by atoms with van der Waals surface area (Å²) in [5, 5.41) is 11.5. The van der Waals surface area contributed by atoms with Crippen LogP contribution in [0.2, 0.25) is 0 Å². The van der Waals surface area contributed by atoms with Gasteiger partial charge in [-0.25, -0.2) is 9.78 Å². The van der Waals surface area contributed by atoms with Crippen molar-refractivity contribution >= 4 is 45.3 Å². The molecule has 4 aromatic rings. The summed E-state index contributed by atoms with van der Waals surface area (Å²) in [4.78, 5) is 41.2. The van der Waals surface area contributed by atoms with Crippen LogP contribution in [-0.2, 0) is 25.9 Å². The van der Waals surface area contributed by atoms with Gasteiger partial charge in [0.15, 0.2) is 27.3 Å². The number of ether oxygens (including phenoxy) is 1. The van der Waals surface area contributed by atoms with Crippen LogP contribution < -0.4 is 21.3 Å². The standard InChI is InChI=1S/C19H19N7O4S2/c1-10-7-5-6-8-11(10)30-9-12(27)20-16-22-23-18(31-16)32-17-21-14-13(24(17)2)15(28)26(4)19(29)25(14)3/h5-8H,9H2,1-4H3,(H,20,22,27). The van der Waals surface area contributed by atoms with E-state index in [9.17, 15) is 14.4 Å². The first kappa shape index (κ1) is 21.8. The normalized spacial score (nSPS) is 11.1. The van der Waals surface area contributed by atoms with Crippen LogP contribution in [-0.4, -0.2) is 41.4 Å². The second-order valence-corrected chi connectivity index (χ2v) is 9.10. The Morgan fingerprint density at radius 1 is 1.12 bits per heavy atom. The van der Waals surface area contributed by atoms with Gasteiger partial charge in [0.1, 0.15) is 5.75 Å². The molecule has 1 amide bonds. The van der Waals surface area contributed by atoms with E-state index < -0.39 is 11.2 Å². The molecule has 13 heteroatoms. The summed E-state index contributed by atoms with van der Waals surface area (Å²) in [6.07, 6.45) is 0. The van der Waals surface area contributed by atoms with E-state index in [0.717, 1.165) is 21.5 Å². The van der Waals surface area contributed by atoms with Gasteiger partial charge in [-0.3, -0.25) is 24.0 Å². The molecule has 0 aliphatic heterocycles. The summed E-state index contributed by atoms with van der Waals surface area (Å²) in [6, 6.07) is 7.42. The topological polar surface area (TPSA) is 126 Å². The molecule has 0 radical (unpaired) electrons. The van der Waals surface area contributed by atoms with E-state index in [-0.39, 0.29) is 18.2 Å². The van der Waals surface area contributed by atoms with Crippen LogP contribution >= 0.6 is 23.1 Å². The second-order valence-electron chi connectivity index (χ2n) is 6.91. The highest BCUT2D eigenvalue weighted by Gasteiger charge is 2.19. The summed E-state index contributed by atoms with van der Waals surface area (Å²) in [5.74, 6) is 0.278. The van der Waals surface area contributed by atoms with Crippen molar-refractivity contribution in [3.8, 4) is 5.75 Å². The molecule has 1 N–H and O–H groups in total. The van der Waals surface area contributed by atoms with Crippen LogP contribution in [0.25, 0.3) is 11.2 Å². The molecular weight excluding hydrogens is 454 g/mol. The molecule has 3 aromatic heterocycles. The number of benzene rings is 1. The van der Waals surface area contributed by atoms with Gasteiger partial charge < -0.3 is 9.30 Å². The number of aryl methyl sites for hydroxylation is 3. The lowest BCUT2D eigenvalue weighted by atomic mass is 10.2. The number of nitrogens with zero attached hydrogens (tertiary/aromatic N) is 6. The minimum atomic E-state index is -0.453. The lowest BCUT2D eigenvalue weighted by molar-refractivity contribution is -0.118. The Labute approximate surface area is 189 Å². The Morgan fingerprint density at radius 3 is 2.62 bits per heavy atom. The Morgan fingerprint density at radius 2 is 1.88 bits per heavy atom. The van der Waals surface area contributed by atoms with Gasteiger partial charge >= 0.3 is 5.69 Å². The monoisotopic (exact) mass is 473 g/mol. The largest absolute Gasteiger partial charge is 0.483 e. The average molecular weight is 474 g/mol. The molecule has 11 nitrogen and oxygen atoms in total. The summed E-state index contributed by atoms with van der Waals surface area (Å²) in [7, 11) is 4.67. The van der Waals surface area contributed by atoms with Crippen molar-refractivity contribution in [1.29, 1.82) is 0 Å². The van der Waals surface area contributed by atoms with Gasteiger partial charge in [-0.2, -0.15) is 0 Å². The molecule has 0 aliphatic carbocycles. The minimum Gasteiger partial charge on any atom is -0.483 e. The maximum Gasteiger partial charge on any atom is 0.332 e. The summed E-state index contributed by atoms with van der Waals surface area (Å²) in [5.41, 5.74) is 0.650. The van der Waals surface area contributed by atoms with Crippen molar-refractivity contribution in [1.82, 2.24) is 28.9 Å². The second kappa shape index (κ2) is 8.59. The van der Waals surface area contributed by atoms with Crippen LogP contribution in [0.4, 0.5) is 5.13 Å². The van der Waals surface area contributed by atoms with E-state index in [2.05, 4.69) is 20.5 Å². The third-order valence-corrected chi connectivity index (χ3v) is 6.66. The number of carbonyl (C=O) groups excluding carboxylic acids is 1. The summed E-state index contributed by atoms with van der Waals surface area (Å²) >= 11 is 2.34. The fraction of sp³-hybridized carbons (Fsp3) is 0.263. The maximum atomic E-state index is 12.5. The number of anilines is 1. The van der Waals surface area contributed by atoms with Crippen molar-refractivity contribution in [2.24, 2.45) is 21.1 Å². The smallest absolute Gasteiger partial charge is 0.332 e. The van der Waals surface area contributed by atoms with E-state index in [1.807, 2.05) is 25.1 Å². The van der Waals surface area contributed by atoms with Gasteiger partial charge in [0.2, 0.25) is 5.13 Å². The van der Waals surface area contributed by atoms with Crippen LogP contribution in [0, 0.1) is 6.92 Å². The number of rotatable bonds is 6. The van der Waals surface area contributed by atoms with Crippen molar-refractivity contribution in [2.75, 3.05) is 11.9 Å². The van der Waals surface area contributed by atoms with Crippen LogP contribution in [0.5, 0.6) is 5.75 Å². The molecule has 0 fully saturated rings. The maximum absolute atomic E-state index is 12.5. The number of hydrogen-bond donors (Lipinski definition) is 1. The van der Waals surface area contributed by atoms with Crippen LogP contribution in [0.1, 0.15) is 5.56 Å². The molecule has 0 spiro atoms. The van der Waals surface area contributed by atoms with Gasteiger partial charge in [0.25, 0.3) is 11.5 Å². The zero-order valence-electron chi connectivity index (χ0n) is 17.6. The van der Waals surface area contributed by atoms with Crippen molar-refractivity contribution in [2.45, 2.75) is 16.4 Å². The molecule has 1 aromatic carbocycles. The Kier molecular flexibility index (Phi) is 5.84. The van der Waals surface area contributed by atoms with Crippen molar-refractivity contribution < 1.29 is 9.53 Å². The zero-order chi connectivity index (χ0) is 23.0. The first-order valence-electron chi connectivity index (χ1n) is 9.38. The number of aromatic nitrogens is 6. The summed E-state index contributed by atoms with van der Waals surface area (Å²) in [6.45, 7) is 1.74. The van der Waals surface area contributed by atoms with Gasteiger partial charge in [-0.15, -0.1) is 10.2 Å². The Hall–Kier alpha value is -3.45. The van der Waals surface area contributed by atoms with Gasteiger partial charge in [0.05, 0.1) is 0 Å². The minimum absolute atomic E-state index is 0.158. The highest BCUT2D eigenvalue weighted by atomic mass is 32.2. The molecule has 3 heterocycles. The fourth-order valence-corrected chi connectivity index (χ4v) is 4.71. The number of para-hydroxylation sites is 1. The molecular formula is C19H19N7O4S2.